The van der Waals surface area contributed by atoms with Gasteiger partial charge in [0.25, 0.3) is 0 Å². The Kier molecular flexibility index (Phi) is 11.6. The summed E-state index contributed by atoms with van der Waals surface area (Å²) >= 11 is 0. The lowest BCUT2D eigenvalue weighted by Crippen LogP contribution is -2.56. The van der Waals surface area contributed by atoms with E-state index in [-0.39, 0.29) is 22.6 Å². The zero-order valence-electron chi connectivity index (χ0n) is 22.8. The standard InChI is InChI=1S/C24H48O6Si2/c1-14-27-19(25)17-16-18(3)20(29-31(10,11)23(4,5)6)21(22(26)28-15-2)30-32(12,13)24(7,8)9/h16-18,20-21H,14-15H2,1-13H3/b17-16+/t18-,20+,21-/m0/s1. The van der Waals surface area contributed by atoms with E-state index >= 15 is 0 Å². The van der Waals surface area contributed by atoms with E-state index in [1.807, 2.05) is 6.92 Å². The van der Waals surface area contributed by atoms with Crippen LogP contribution >= 0.6 is 0 Å². The highest BCUT2D eigenvalue weighted by Gasteiger charge is 2.48. The Balaban J connectivity index is 6.37. The number of hydrogen-bond acceptors (Lipinski definition) is 6. The van der Waals surface area contributed by atoms with Gasteiger partial charge in [-0.1, -0.05) is 54.5 Å². The Bertz CT molecular complexity index is 644. The van der Waals surface area contributed by atoms with Crippen LogP contribution in [0.15, 0.2) is 12.2 Å². The highest BCUT2D eigenvalue weighted by atomic mass is 28.4. The van der Waals surface area contributed by atoms with Crippen LogP contribution in [0.3, 0.4) is 0 Å². The van der Waals surface area contributed by atoms with E-state index in [1.54, 1.807) is 19.9 Å². The van der Waals surface area contributed by atoms with Gasteiger partial charge < -0.3 is 18.3 Å². The van der Waals surface area contributed by atoms with Crippen LogP contribution in [0.1, 0.15) is 62.3 Å². The molecule has 32 heavy (non-hydrogen) atoms. The molecule has 0 saturated heterocycles. The van der Waals surface area contributed by atoms with Crippen molar-refractivity contribution in [1.82, 2.24) is 0 Å². The summed E-state index contributed by atoms with van der Waals surface area (Å²) in [4.78, 5) is 25.1. The fourth-order valence-electron chi connectivity index (χ4n) is 2.46. The SMILES string of the molecule is CCOC(=O)/C=C/[C@H](C)[C@@H](O[Si](C)(C)C(C)(C)C)[C@H](O[Si](C)(C)C(C)(C)C)C(=O)OCC. The lowest BCUT2D eigenvalue weighted by molar-refractivity contribution is -0.158. The number of rotatable bonds is 11. The first-order valence-electron chi connectivity index (χ1n) is 11.7. The Morgan fingerprint density at radius 2 is 1.25 bits per heavy atom. The van der Waals surface area contributed by atoms with Gasteiger partial charge in [0, 0.05) is 12.0 Å². The number of ether oxygens (including phenoxy) is 2. The zero-order chi connectivity index (χ0) is 25.5. The Morgan fingerprint density at radius 1 is 0.812 bits per heavy atom. The van der Waals surface area contributed by atoms with Gasteiger partial charge in [-0.2, -0.15) is 0 Å². The van der Waals surface area contributed by atoms with Crippen molar-refractivity contribution in [2.75, 3.05) is 13.2 Å². The van der Waals surface area contributed by atoms with Crippen LogP contribution < -0.4 is 0 Å². The molecule has 3 atom stereocenters. The first kappa shape index (κ1) is 31.0. The van der Waals surface area contributed by atoms with Gasteiger partial charge in [0.15, 0.2) is 22.7 Å². The summed E-state index contributed by atoms with van der Waals surface area (Å²) in [6, 6.07) is 0. The van der Waals surface area contributed by atoms with Crippen molar-refractivity contribution in [2.45, 2.75) is 111 Å². The summed E-state index contributed by atoms with van der Waals surface area (Å²) in [6.07, 6.45) is 1.68. The van der Waals surface area contributed by atoms with E-state index in [1.165, 1.54) is 6.08 Å². The minimum Gasteiger partial charge on any atom is -0.464 e. The molecule has 0 aromatic rings. The Labute approximate surface area is 198 Å². The second kappa shape index (κ2) is 11.9. The van der Waals surface area contributed by atoms with E-state index < -0.39 is 40.8 Å². The maximum Gasteiger partial charge on any atom is 0.336 e. The molecule has 0 heterocycles. The highest BCUT2D eigenvalue weighted by Crippen LogP contribution is 2.41. The van der Waals surface area contributed by atoms with Crippen molar-refractivity contribution in [3.63, 3.8) is 0 Å². The molecule has 0 spiro atoms. The molecule has 0 bridgehead atoms. The second-order valence-electron chi connectivity index (χ2n) is 11.4. The molecule has 0 fully saturated rings. The average Bonchev–Trinajstić information content (AvgIpc) is 2.61. The lowest BCUT2D eigenvalue weighted by Gasteiger charge is -2.45. The predicted octanol–water partition coefficient (Wildman–Crippen LogP) is 6.09. The number of carbonyl (C=O) groups is 2. The van der Waals surface area contributed by atoms with Crippen molar-refractivity contribution in [3.05, 3.63) is 12.2 Å². The molecule has 0 amide bonds. The largest absolute Gasteiger partial charge is 0.464 e. The summed E-state index contributed by atoms with van der Waals surface area (Å²) in [5.41, 5.74) is 0. The molecule has 0 aliphatic rings. The maximum atomic E-state index is 13.2. The van der Waals surface area contributed by atoms with Crippen molar-refractivity contribution in [3.8, 4) is 0 Å². The number of hydrogen-bond donors (Lipinski definition) is 0. The fourth-order valence-corrected chi connectivity index (χ4v) is 5.05. The van der Waals surface area contributed by atoms with E-state index in [4.69, 9.17) is 18.3 Å². The van der Waals surface area contributed by atoms with Crippen LogP contribution in [0.5, 0.6) is 0 Å². The summed E-state index contributed by atoms with van der Waals surface area (Å²) < 4.78 is 23.9. The zero-order valence-corrected chi connectivity index (χ0v) is 24.8. The second-order valence-corrected chi connectivity index (χ2v) is 20.9. The normalized spacial score (nSPS) is 16.5. The molecule has 0 radical (unpaired) electrons. The van der Waals surface area contributed by atoms with Gasteiger partial charge in [-0.25, -0.2) is 9.59 Å². The lowest BCUT2D eigenvalue weighted by atomic mass is 9.99. The minimum atomic E-state index is -2.33. The smallest absolute Gasteiger partial charge is 0.336 e. The van der Waals surface area contributed by atoms with Gasteiger partial charge in [0.1, 0.15) is 0 Å². The quantitative estimate of drug-likeness (QED) is 0.199. The molecule has 8 heteroatoms. The minimum absolute atomic E-state index is 0.0635. The Morgan fingerprint density at radius 3 is 1.66 bits per heavy atom. The van der Waals surface area contributed by atoms with Gasteiger partial charge in [-0.15, -0.1) is 0 Å². The van der Waals surface area contributed by atoms with E-state index in [0.29, 0.717) is 6.61 Å². The van der Waals surface area contributed by atoms with Crippen molar-refractivity contribution in [2.24, 2.45) is 5.92 Å². The molecular formula is C24H48O6Si2. The molecule has 0 aromatic carbocycles. The van der Waals surface area contributed by atoms with E-state index in [0.717, 1.165) is 0 Å². The topological polar surface area (TPSA) is 71.1 Å². The molecule has 188 valence electrons. The third-order valence-electron chi connectivity index (χ3n) is 6.62. The monoisotopic (exact) mass is 488 g/mol. The summed E-state index contributed by atoms with van der Waals surface area (Å²) in [6.45, 7) is 27.5. The summed E-state index contributed by atoms with van der Waals surface area (Å²) in [7, 11) is -4.61. The third kappa shape index (κ3) is 9.11. The third-order valence-corrected chi connectivity index (χ3v) is 15.6. The number of carbonyl (C=O) groups excluding carboxylic acids is 2. The molecule has 0 N–H and O–H groups in total. The van der Waals surface area contributed by atoms with Crippen LogP contribution in [-0.2, 0) is 27.9 Å². The molecule has 0 aliphatic carbocycles. The first-order valence-corrected chi connectivity index (χ1v) is 17.5. The van der Waals surface area contributed by atoms with Crippen molar-refractivity contribution >= 4 is 28.6 Å². The van der Waals surface area contributed by atoms with Crippen LogP contribution in [0.2, 0.25) is 36.3 Å². The summed E-state index contributed by atoms with van der Waals surface area (Å²) in [5, 5.41) is -0.157. The average molecular weight is 489 g/mol. The van der Waals surface area contributed by atoms with Gasteiger partial charge in [0.05, 0.1) is 19.3 Å². The molecular weight excluding hydrogens is 440 g/mol. The molecule has 0 aromatic heterocycles. The van der Waals surface area contributed by atoms with Crippen molar-refractivity contribution in [1.29, 1.82) is 0 Å². The van der Waals surface area contributed by atoms with Crippen LogP contribution in [-0.4, -0.2) is 54.0 Å². The van der Waals surface area contributed by atoms with E-state index in [2.05, 4.69) is 67.7 Å². The number of esters is 2. The van der Waals surface area contributed by atoms with E-state index in [9.17, 15) is 9.59 Å². The fraction of sp³-hybridized carbons (Fsp3) is 0.833. The molecule has 6 nitrogen and oxygen atoms in total. The van der Waals surface area contributed by atoms with Gasteiger partial charge in [-0.05, 0) is 50.1 Å². The summed E-state index contributed by atoms with van der Waals surface area (Å²) in [5.74, 6) is -1.10. The van der Waals surface area contributed by atoms with Gasteiger partial charge >= 0.3 is 11.9 Å². The molecule has 0 unspecified atom stereocenters. The molecule has 0 aliphatic heterocycles. The molecule has 0 rings (SSSR count). The highest BCUT2D eigenvalue weighted by molar-refractivity contribution is 6.74. The molecule has 0 saturated carbocycles. The van der Waals surface area contributed by atoms with Crippen LogP contribution in [0.4, 0.5) is 0 Å². The van der Waals surface area contributed by atoms with Gasteiger partial charge in [0.2, 0.25) is 0 Å². The van der Waals surface area contributed by atoms with Gasteiger partial charge in [-0.3, -0.25) is 0 Å². The maximum absolute atomic E-state index is 13.2. The van der Waals surface area contributed by atoms with Crippen LogP contribution in [0.25, 0.3) is 0 Å². The Hall–Kier alpha value is -0.966. The van der Waals surface area contributed by atoms with Crippen molar-refractivity contribution < 1.29 is 27.9 Å². The predicted molar refractivity (Wildman–Crippen MR) is 136 cm³/mol. The first-order chi connectivity index (χ1) is 14.3. The van der Waals surface area contributed by atoms with Crippen LogP contribution in [0, 0.1) is 5.92 Å².